The standard InChI is InChI=1S/C9H8FN3S3/c1-14-8-12-13-9(16-8)15-6-4-2-3-5(10)7(6)11/h2-4H,11H2,1H3. The summed E-state index contributed by atoms with van der Waals surface area (Å²) in [4.78, 5) is 0.670. The Hall–Kier alpha value is -0.790. The van der Waals surface area contributed by atoms with E-state index in [1.807, 2.05) is 6.26 Å². The molecule has 2 rings (SSSR count). The number of hydrogen-bond acceptors (Lipinski definition) is 6. The minimum atomic E-state index is -0.403. The Labute approximate surface area is 105 Å². The predicted molar refractivity (Wildman–Crippen MR) is 66.6 cm³/mol. The number of benzene rings is 1. The summed E-state index contributed by atoms with van der Waals surface area (Å²) in [6.07, 6.45) is 1.94. The Kier molecular flexibility index (Phi) is 3.67. The predicted octanol–water partition coefficient (Wildman–Crippen LogP) is 3.13. The number of halogens is 1. The van der Waals surface area contributed by atoms with E-state index >= 15 is 0 Å². The summed E-state index contributed by atoms with van der Waals surface area (Å²) in [5.74, 6) is -0.403. The van der Waals surface area contributed by atoms with Crippen LogP contribution in [0.25, 0.3) is 0 Å². The van der Waals surface area contributed by atoms with Gasteiger partial charge in [0.2, 0.25) is 0 Å². The Morgan fingerprint density at radius 3 is 2.75 bits per heavy atom. The van der Waals surface area contributed by atoms with Gasteiger partial charge in [-0.15, -0.1) is 10.2 Å². The summed E-state index contributed by atoms with van der Waals surface area (Å²) >= 11 is 4.33. The molecular weight excluding hydrogens is 265 g/mol. The van der Waals surface area contributed by atoms with Crippen molar-refractivity contribution in [3.63, 3.8) is 0 Å². The average Bonchev–Trinajstić information content (AvgIpc) is 2.73. The third-order valence-electron chi connectivity index (χ3n) is 1.77. The molecular formula is C9H8FN3S3. The number of thioether (sulfide) groups is 1. The van der Waals surface area contributed by atoms with Crippen molar-refractivity contribution in [1.29, 1.82) is 0 Å². The van der Waals surface area contributed by atoms with E-state index in [9.17, 15) is 4.39 Å². The van der Waals surface area contributed by atoms with Crippen LogP contribution in [0.2, 0.25) is 0 Å². The van der Waals surface area contributed by atoms with Crippen molar-refractivity contribution in [2.75, 3.05) is 12.0 Å². The monoisotopic (exact) mass is 273 g/mol. The summed E-state index contributed by atoms with van der Waals surface area (Å²) in [7, 11) is 0. The zero-order valence-corrected chi connectivity index (χ0v) is 10.8. The fourth-order valence-electron chi connectivity index (χ4n) is 1.02. The van der Waals surface area contributed by atoms with Gasteiger partial charge in [0, 0.05) is 4.90 Å². The lowest BCUT2D eigenvalue weighted by Crippen LogP contribution is -1.92. The number of nitrogen functional groups attached to an aromatic ring is 1. The number of para-hydroxylation sites is 1. The molecule has 1 heterocycles. The number of anilines is 1. The Bertz CT molecular complexity index is 500. The van der Waals surface area contributed by atoms with Crippen LogP contribution in [0.3, 0.4) is 0 Å². The second-order valence-corrected chi connectivity index (χ2v) is 6.11. The van der Waals surface area contributed by atoms with Crippen LogP contribution in [0.5, 0.6) is 0 Å². The number of rotatable bonds is 3. The molecule has 1 aromatic heterocycles. The number of nitrogens with zero attached hydrogens (tertiary/aromatic N) is 2. The molecule has 0 amide bonds. The molecule has 84 valence electrons. The van der Waals surface area contributed by atoms with Gasteiger partial charge in [0.1, 0.15) is 5.82 Å². The van der Waals surface area contributed by atoms with E-state index in [0.29, 0.717) is 4.90 Å². The van der Waals surface area contributed by atoms with Crippen LogP contribution >= 0.6 is 34.9 Å². The van der Waals surface area contributed by atoms with E-state index < -0.39 is 5.82 Å². The van der Waals surface area contributed by atoms with Crippen molar-refractivity contribution in [3.05, 3.63) is 24.0 Å². The highest BCUT2D eigenvalue weighted by Crippen LogP contribution is 2.36. The highest BCUT2D eigenvalue weighted by atomic mass is 32.2. The van der Waals surface area contributed by atoms with Crippen LogP contribution in [0.1, 0.15) is 0 Å². The summed E-state index contributed by atoms with van der Waals surface area (Å²) < 4.78 is 14.8. The molecule has 0 saturated carbocycles. The zero-order chi connectivity index (χ0) is 11.5. The van der Waals surface area contributed by atoms with E-state index in [-0.39, 0.29) is 5.69 Å². The van der Waals surface area contributed by atoms with Gasteiger partial charge in [-0.05, 0) is 18.4 Å². The maximum atomic E-state index is 13.2. The molecule has 0 saturated heterocycles. The molecule has 0 aliphatic rings. The molecule has 3 nitrogen and oxygen atoms in total. The van der Waals surface area contributed by atoms with Gasteiger partial charge in [0.05, 0.1) is 5.69 Å². The molecule has 0 atom stereocenters. The second kappa shape index (κ2) is 5.03. The lowest BCUT2D eigenvalue weighted by atomic mass is 10.3. The highest BCUT2D eigenvalue weighted by Gasteiger charge is 2.09. The molecule has 0 aliphatic carbocycles. The van der Waals surface area contributed by atoms with Crippen molar-refractivity contribution in [1.82, 2.24) is 10.2 Å². The molecule has 0 bridgehead atoms. The molecule has 0 spiro atoms. The van der Waals surface area contributed by atoms with E-state index in [1.54, 1.807) is 12.1 Å². The topological polar surface area (TPSA) is 51.8 Å². The summed E-state index contributed by atoms with van der Waals surface area (Å²) in [5.41, 5.74) is 5.79. The van der Waals surface area contributed by atoms with Gasteiger partial charge in [-0.25, -0.2) is 4.39 Å². The summed E-state index contributed by atoms with van der Waals surface area (Å²) in [6.45, 7) is 0. The van der Waals surface area contributed by atoms with Crippen molar-refractivity contribution in [3.8, 4) is 0 Å². The van der Waals surface area contributed by atoms with Crippen LogP contribution in [-0.2, 0) is 0 Å². The van der Waals surface area contributed by atoms with Crippen LogP contribution in [-0.4, -0.2) is 16.5 Å². The van der Waals surface area contributed by atoms with Crippen LogP contribution in [0.4, 0.5) is 10.1 Å². The fraction of sp³-hybridized carbons (Fsp3) is 0.111. The number of aromatic nitrogens is 2. The van der Waals surface area contributed by atoms with Gasteiger partial charge >= 0.3 is 0 Å². The Morgan fingerprint density at radius 1 is 1.31 bits per heavy atom. The van der Waals surface area contributed by atoms with Gasteiger partial charge in [-0.2, -0.15) is 0 Å². The third kappa shape index (κ3) is 2.47. The normalized spacial score (nSPS) is 10.6. The van der Waals surface area contributed by atoms with Crippen molar-refractivity contribution in [2.24, 2.45) is 0 Å². The third-order valence-corrected chi connectivity index (χ3v) is 4.80. The highest BCUT2D eigenvalue weighted by molar-refractivity contribution is 8.03. The molecule has 0 fully saturated rings. The molecule has 0 radical (unpaired) electrons. The molecule has 1 aromatic carbocycles. The first-order valence-corrected chi connectivity index (χ1v) is 7.16. The molecule has 16 heavy (non-hydrogen) atoms. The molecule has 2 N–H and O–H groups in total. The van der Waals surface area contributed by atoms with E-state index in [0.717, 1.165) is 8.68 Å². The molecule has 7 heteroatoms. The van der Waals surface area contributed by atoms with Gasteiger partial charge in [0.25, 0.3) is 0 Å². The Balaban J connectivity index is 2.23. The summed E-state index contributed by atoms with van der Waals surface area (Å²) in [6, 6.07) is 4.74. The van der Waals surface area contributed by atoms with E-state index in [1.165, 1.54) is 40.9 Å². The van der Waals surface area contributed by atoms with Gasteiger partial charge in [-0.1, -0.05) is 40.9 Å². The van der Waals surface area contributed by atoms with Crippen LogP contribution in [0, 0.1) is 5.82 Å². The molecule has 2 aromatic rings. The van der Waals surface area contributed by atoms with E-state index in [4.69, 9.17) is 5.73 Å². The lowest BCUT2D eigenvalue weighted by Gasteiger charge is -2.02. The zero-order valence-electron chi connectivity index (χ0n) is 8.31. The number of hydrogen-bond donors (Lipinski definition) is 1. The minimum absolute atomic E-state index is 0.161. The van der Waals surface area contributed by atoms with Crippen LogP contribution in [0.15, 0.2) is 31.8 Å². The molecule has 0 aliphatic heterocycles. The first-order valence-electron chi connectivity index (χ1n) is 4.30. The lowest BCUT2D eigenvalue weighted by molar-refractivity contribution is 0.629. The first-order chi connectivity index (χ1) is 7.70. The average molecular weight is 273 g/mol. The van der Waals surface area contributed by atoms with Crippen LogP contribution < -0.4 is 5.73 Å². The maximum Gasteiger partial charge on any atom is 0.179 e. The van der Waals surface area contributed by atoms with Gasteiger partial charge in [-0.3, -0.25) is 0 Å². The minimum Gasteiger partial charge on any atom is -0.395 e. The first kappa shape index (κ1) is 11.7. The smallest absolute Gasteiger partial charge is 0.179 e. The number of nitrogens with two attached hydrogens (primary N) is 1. The second-order valence-electron chi connectivity index (χ2n) is 2.79. The van der Waals surface area contributed by atoms with E-state index in [2.05, 4.69) is 10.2 Å². The van der Waals surface area contributed by atoms with Crippen molar-refractivity contribution < 1.29 is 4.39 Å². The largest absolute Gasteiger partial charge is 0.395 e. The quantitative estimate of drug-likeness (QED) is 0.688. The van der Waals surface area contributed by atoms with Gasteiger partial charge in [0.15, 0.2) is 8.68 Å². The van der Waals surface area contributed by atoms with Crippen molar-refractivity contribution in [2.45, 2.75) is 13.6 Å². The SMILES string of the molecule is CSc1nnc(Sc2cccc(F)c2N)s1. The fourth-order valence-corrected chi connectivity index (χ4v) is 3.48. The maximum absolute atomic E-state index is 13.2. The Morgan fingerprint density at radius 2 is 2.06 bits per heavy atom. The molecule has 0 unspecified atom stereocenters. The van der Waals surface area contributed by atoms with Gasteiger partial charge < -0.3 is 5.73 Å². The summed E-state index contributed by atoms with van der Waals surface area (Å²) in [5, 5.41) is 7.94. The van der Waals surface area contributed by atoms with Crippen molar-refractivity contribution >= 4 is 40.5 Å².